The summed E-state index contributed by atoms with van der Waals surface area (Å²) in [5.74, 6) is -5.12. The predicted molar refractivity (Wildman–Crippen MR) is 76.6 cm³/mol. The topological polar surface area (TPSA) is 137 Å². The second kappa shape index (κ2) is 8.99. The highest BCUT2D eigenvalue weighted by molar-refractivity contribution is 5.82. The van der Waals surface area contributed by atoms with Crippen LogP contribution in [-0.4, -0.2) is 72.3 Å². The van der Waals surface area contributed by atoms with Gasteiger partial charge in [0, 0.05) is 20.8 Å². The van der Waals surface area contributed by atoms with Crippen LogP contribution in [0.15, 0.2) is 0 Å². The van der Waals surface area contributed by atoms with Crippen molar-refractivity contribution in [1.82, 2.24) is 5.32 Å². The lowest BCUT2D eigenvalue weighted by Crippen LogP contribution is -2.67. The minimum absolute atomic E-state index is 0.567. The number of hydrogen-bond donors (Lipinski definition) is 2. The number of amides is 1. The van der Waals surface area contributed by atoms with Gasteiger partial charge in [-0.05, 0) is 0 Å². The Kier molecular flexibility index (Phi) is 7.54. The number of esters is 3. The Hall–Kier alpha value is -2.41. The number of carbonyl (C=O) groups is 4. The molecule has 0 bridgehead atoms. The number of rotatable bonds is 5. The summed E-state index contributed by atoms with van der Waals surface area (Å²) in [6.45, 7) is 2.36. The zero-order valence-electron chi connectivity index (χ0n) is 14.4. The molecule has 0 saturated carbocycles. The van der Waals surface area contributed by atoms with Gasteiger partial charge in [0.2, 0.25) is 0 Å². The zero-order chi connectivity index (χ0) is 20.9. The number of halogens is 3. The molecule has 10 nitrogen and oxygen atoms in total. The summed E-state index contributed by atoms with van der Waals surface area (Å²) in [5.41, 5.74) is 0. The molecule has 0 aromatic rings. The Balaban J connectivity index is 3.18. The third-order valence-corrected chi connectivity index (χ3v) is 3.28. The van der Waals surface area contributed by atoms with Gasteiger partial charge in [0.25, 0.3) is 0 Å². The van der Waals surface area contributed by atoms with E-state index in [1.165, 1.54) is 5.32 Å². The number of hydrogen-bond acceptors (Lipinski definition) is 9. The lowest BCUT2D eigenvalue weighted by atomic mass is 9.96. The van der Waals surface area contributed by atoms with Crippen LogP contribution in [0.25, 0.3) is 0 Å². The molecule has 154 valence electrons. The largest absolute Gasteiger partial charge is 0.471 e. The van der Waals surface area contributed by atoms with Gasteiger partial charge in [0.15, 0.2) is 18.5 Å². The summed E-state index contributed by atoms with van der Waals surface area (Å²) in [6, 6.07) is -1.92. The van der Waals surface area contributed by atoms with Crippen molar-refractivity contribution in [2.45, 2.75) is 57.6 Å². The minimum Gasteiger partial charge on any atom is -0.463 e. The lowest BCUT2D eigenvalue weighted by Gasteiger charge is -2.43. The molecule has 1 aliphatic rings. The Morgan fingerprint density at radius 2 is 1.52 bits per heavy atom. The van der Waals surface area contributed by atoms with Crippen molar-refractivity contribution in [2.75, 3.05) is 6.61 Å². The van der Waals surface area contributed by atoms with Crippen LogP contribution in [0.2, 0.25) is 0 Å². The lowest BCUT2D eigenvalue weighted by molar-refractivity contribution is -0.266. The quantitative estimate of drug-likeness (QED) is 0.447. The maximum Gasteiger partial charge on any atom is 0.471 e. The summed E-state index contributed by atoms with van der Waals surface area (Å²) >= 11 is 0. The van der Waals surface area contributed by atoms with E-state index in [0.29, 0.717) is 0 Å². The molecule has 0 aromatic carbocycles. The van der Waals surface area contributed by atoms with Crippen molar-refractivity contribution in [2.24, 2.45) is 0 Å². The van der Waals surface area contributed by atoms with E-state index in [4.69, 9.17) is 18.9 Å². The standard InChI is InChI=1S/C14H18F3NO9/c1-5(19)24-4-8-10(25-6(2)20)11(26-7(3)21)9(12(22)27-8)18-13(23)14(15,16)17/h8-12,22H,4H2,1-3H3,(H,18,23)/t8?,9-,10-,11?,12+/m0/s1. The van der Waals surface area contributed by atoms with Gasteiger partial charge in [0.05, 0.1) is 0 Å². The van der Waals surface area contributed by atoms with E-state index in [1.54, 1.807) is 0 Å². The van der Waals surface area contributed by atoms with Crippen molar-refractivity contribution in [1.29, 1.82) is 0 Å². The first-order valence-electron chi connectivity index (χ1n) is 7.52. The highest BCUT2D eigenvalue weighted by Gasteiger charge is 2.52. The number of ether oxygens (including phenoxy) is 4. The number of aliphatic hydroxyl groups is 1. The van der Waals surface area contributed by atoms with Crippen molar-refractivity contribution in [3.63, 3.8) is 0 Å². The molecule has 2 unspecified atom stereocenters. The number of carbonyl (C=O) groups excluding carboxylic acids is 4. The number of aliphatic hydroxyl groups excluding tert-OH is 1. The van der Waals surface area contributed by atoms with Crippen LogP contribution >= 0.6 is 0 Å². The average molecular weight is 401 g/mol. The highest BCUT2D eigenvalue weighted by Crippen LogP contribution is 2.27. The molecule has 27 heavy (non-hydrogen) atoms. The van der Waals surface area contributed by atoms with Crippen LogP contribution in [-0.2, 0) is 38.1 Å². The van der Waals surface area contributed by atoms with Crippen molar-refractivity contribution in [3.05, 3.63) is 0 Å². The van der Waals surface area contributed by atoms with Crippen LogP contribution in [0, 0.1) is 0 Å². The highest BCUT2D eigenvalue weighted by atomic mass is 19.4. The van der Waals surface area contributed by atoms with Crippen LogP contribution in [0.5, 0.6) is 0 Å². The average Bonchev–Trinajstić information content (AvgIpc) is 2.49. The van der Waals surface area contributed by atoms with E-state index in [9.17, 15) is 37.5 Å². The second-order valence-corrected chi connectivity index (χ2v) is 5.51. The van der Waals surface area contributed by atoms with Crippen molar-refractivity contribution < 1.29 is 56.4 Å². The molecule has 0 aliphatic carbocycles. The molecule has 0 spiro atoms. The predicted octanol–water partition coefficient (Wildman–Crippen LogP) is -0.823. The van der Waals surface area contributed by atoms with E-state index in [-0.39, 0.29) is 0 Å². The smallest absolute Gasteiger partial charge is 0.463 e. The van der Waals surface area contributed by atoms with Gasteiger partial charge >= 0.3 is 30.0 Å². The van der Waals surface area contributed by atoms with Gasteiger partial charge in [-0.1, -0.05) is 0 Å². The van der Waals surface area contributed by atoms with E-state index in [2.05, 4.69) is 0 Å². The summed E-state index contributed by atoms with van der Waals surface area (Å²) in [7, 11) is 0. The van der Waals surface area contributed by atoms with Crippen LogP contribution < -0.4 is 5.32 Å². The van der Waals surface area contributed by atoms with Gasteiger partial charge in [-0.2, -0.15) is 13.2 Å². The Labute approximate surface area is 150 Å². The molecule has 1 heterocycles. The van der Waals surface area contributed by atoms with Gasteiger partial charge in [-0.25, -0.2) is 0 Å². The fourth-order valence-electron chi connectivity index (χ4n) is 2.31. The van der Waals surface area contributed by atoms with Crippen LogP contribution in [0.1, 0.15) is 20.8 Å². The van der Waals surface area contributed by atoms with Crippen LogP contribution in [0.3, 0.4) is 0 Å². The normalized spacial score (nSPS) is 28.0. The van der Waals surface area contributed by atoms with Gasteiger partial charge in [-0.15, -0.1) is 0 Å². The van der Waals surface area contributed by atoms with Crippen LogP contribution in [0.4, 0.5) is 13.2 Å². The molecule has 0 aromatic heterocycles. The summed E-state index contributed by atoms with van der Waals surface area (Å²) in [5, 5.41) is 11.4. The minimum atomic E-state index is -5.30. The molecule has 0 radical (unpaired) electrons. The van der Waals surface area contributed by atoms with Gasteiger partial charge in [0.1, 0.15) is 18.8 Å². The summed E-state index contributed by atoms with van der Waals surface area (Å²) < 4.78 is 57.1. The van der Waals surface area contributed by atoms with E-state index in [1.807, 2.05) is 0 Å². The number of nitrogens with one attached hydrogen (secondary N) is 1. The van der Waals surface area contributed by atoms with Gasteiger partial charge < -0.3 is 29.4 Å². The summed E-state index contributed by atoms with van der Waals surface area (Å²) in [4.78, 5) is 44.9. The fourth-order valence-corrected chi connectivity index (χ4v) is 2.31. The molecule has 13 heteroatoms. The SMILES string of the molecule is CC(=O)OCC1O[C@@H](O)[C@@H](NC(=O)C(F)(F)F)C(OC(C)=O)[C@H]1OC(C)=O. The van der Waals surface area contributed by atoms with Crippen molar-refractivity contribution >= 4 is 23.8 Å². The Bertz CT molecular complexity index is 595. The molecule has 5 atom stereocenters. The first-order chi connectivity index (χ1) is 12.3. The first kappa shape index (κ1) is 22.6. The molecule has 1 amide bonds. The molecule has 1 rings (SSSR count). The third kappa shape index (κ3) is 6.67. The van der Waals surface area contributed by atoms with E-state index < -0.39 is 67.2 Å². The Morgan fingerprint density at radius 3 is 1.96 bits per heavy atom. The molecule has 2 N–H and O–H groups in total. The summed E-state index contributed by atoms with van der Waals surface area (Å²) in [6.07, 6.45) is -12.1. The third-order valence-electron chi connectivity index (χ3n) is 3.28. The van der Waals surface area contributed by atoms with E-state index >= 15 is 0 Å². The molecule has 1 aliphatic heterocycles. The molecular formula is C14H18F3NO9. The first-order valence-corrected chi connectivity index (χ1v) is 7.52. The maximum absolute atomic E-state index is 12.5. The fraction of sp³-hybridized carbons (Fsp3) is 0.714. The maximum atomic E-state index is 12.5. The van der Waals surface area contributed by atoms with Gasteiger partial charge in [-0.3, -0.25) is 19.2 Å². The molecular weight excluding hydrogens is 383 g/mol. The molecule has 1 fully saturated rings. The number of alkyl halides is 3. The van der Waals surface area contributed by atoms with Crippen molar-refractivity contribution in [3.8, 4) is 0 Å². The second-order valence-electron chi connectivity index (χ2n) is 5.51. The zero-order valence-corrected chi connectivity index (χ0v) is 14.4. The Morgan fingerprint density at radius 1 is 1.00 bits per heavy atom. The van der Waals surface area contributed by atoms with E-state index in [0.717, 1.165) is 20.8 Å². The monoisotopic (exact) mass is 401 g/mol. The molecule has 1 saturated heterocycles.